The van der Waals surface area contributed by atoms with Crippen LogP contribution in [0.5, 0.6) is 0 Å². The summed E-state index contributed by atoms with van der Waals surface area (Å²) in [6.07, 6.45) is 0.943. The number of carbonyl (C=O) groups excluding carboxylic acids is 3. The molecule has 1 aliphatic carbocycles. The van der Waals surface area contributed by atoms with Gasteiger partial charge in [0.05, 0.1) is 41.1 Å². The molecule has 12 heteroatoms. The summed E-state index contributed by atoms with van der Waals surface area (Å²) in [6, 6.07) is 5.53. The zero-order valence-electron chi connectivity index (χ0n) is 23.7. The van der Waals surface area contributed by atoms with Gasteiger partial charge in [-0.3, -0.25) is 14.3 Å². The Morgan fingerprint density at radius 2 is 1.60 bits per heavy atom. The molecule has 0 bridgehead atoms. The van der Waals surface area contributed by atoms with Crippen LogP contribution in [0.4, 0.5) is 18.0 Å². The lowest BCUT2D eigenvalue weighted by Gasteiger charge is -2.36. The van der Waals surface area contributed by atoms with Crippen molar-refractivity contribution >= 4 is 17.7 Å². The first-order valence-electron chi connectivity index (χ1n) is 14.9. The summed E-state index contributed by atoms with van der Waals surface area (Å²) >= 11 is 0. The molecule has 2 N–H and O–H groups in total. The number of rotatable bonds is 5. The van der Waals surface area contributed by atoms with Crippen LogP contribution in [-0.4, -0.2) is 81.1 Å². The first kappa shape index (κ1) is 28.7. The molecule has 2 aromatic rings. The molecular weight excluding hydrogens is 549 g/mol. The molecule has 4 heterocycles. The van der Waals surface area contributed by atoms with Gasteiger partial charge < -0.3 is 20.4 Å². The minimum Gasteiger partial charge on any atom is -0.338 e. The number of hydrogen-bond acceptors (Lipinski definition) is 5. The summed E-state index contributed by atoms with van der Waals surface area (Å²) in [7, 11) is 0. The number of amides is 3. The summed E-state index contributed by atoms with van der Waals surface area (Å²) in [5.41, 5.74) is 7.28. The number of piperidine rings is 1. The highest BCUT2D eigenvalue weighted by molar-refractivity contribution is 5.95. The first-order chi connectivity index (χ1) is 20.0. The fourth-order valence-electron chi connectivity index (χ4n) is 7.04. The van der Waals surface area contributed by atoms with Gasteiger partial charge in [-0.05, 0) is 57.1 Å². The van der Waals surface area contributed by atoms with E-state index in [9.17, 15) is 27.6 Å². The topological polar surface area (TPSA) is 105 Å². The Balaban J connectivity index is 1.13. The van der Waals surface area contributed by atoms with Crippen molar-refractivity contribution in [3.63, 3.8) is 0 Å². The van der Waals surface area contributed by atoms with E-state index < -0.39 is 17.9 Å². The average Bonchev–Trinajstić information content (AvgIpc) is 3.34. The number of Topliss-reactive ketones (excluding diaryl/α,β-unsaturated/α-hetero) is 1. The zero-order valence-corrected chi connectivity index (χ0v) is 23.7. The number of halogens is 3. The van der Waals surface area contributed by atoms with Gasteiger partial charge in [0.15, 0.2) is 0 Å². The van der Waals surface area contributed by atoms with Crippen molar-refractivity contribution in [1.29, 1.82) is 0 Å². The average molecular weight is 587 g/mol. The molecule has 0 radical (unpaired) electrons. The van der Waals surface area contributed by atoms with Crippen molar-refractivity contribution in [1.82, 2.24) is 24.5 Å². The number of benzene rings is 1. The van der Waals surface area contributed by atoms with Crippen molar-refractivity contribution in [3.05, 3.63) is 52.8 Å². The third kappa shape index (κ3) is 5.29. The van der Waals surface area contributed by atoms with Crippen LogP contribution in [0.15, 0.2) is 30.5 Å². The van der Waals surface area contributed by atoms with Crippen molar-refractivity contribution in [2.45, 2.75) is 75.7 Å². The SMILES string of the molecule is CC(=O)C1CCN(C(=O)N2CCC(n3ncc(C(=O)N4CCC(c5ccccc5C(F)(F)F)C4)c3C3CC3)CC2)[C@@H]1N. The molecule has 2 unspecified atom stereocenters. The second-order valence-electron chi connectivity index (χ2n) is 12.2. The normalized spacial score (nSPS) is 25.4. The number of urea groups is 1. The first-order valence-corrected chi connectivity index (χ1v) is 14.9. The molecular formula is C30H37F3N6O3. The third-order valence-corrected chi connectivity index (χ3v) is 9.51. The summed E-state index contributed by atoms with van der Waals surface area (Å²) in [5, 5.41) is 4.65. The minimum absolute atomic E-state index is 0.00345. The van der Waals surface area contributed by atoms with E-state index in [1.807, 2.05) is 4.68 Å². The zero-order chi connectivity index (χ0) is 29.8. The monoisotopic (exact) mass is 586 g/mol. The van der Waals surface area contributed by atoms with E-state index in [2.05, 4.69) is 5.10 Å². The predicted octanol–water partition coefficient (Wildman–Crippen LogP) is 4.36. The quantitative estimate of drug-likeness (QED) is 0.561. The fraction of sp³-hybridized carbons (Fsp3) is 0.600. The van der Waals surface area contributed by atoms with Gasteiger partial charge in [0.25, 0.3) is 5.91 Å². The molecule has 0 spiro atoms. The summed E-state index contributed by atoms with van der Waals surface area (Å²) < 4.78 is 42.8. The number of hydrogen-bond donors (Lipinski definition) is 1. The van der Waals surface area contributed by atoms with E-state index in [1.165, 1.54) is 19.1 Å². The van der Waals surface area contributed by atoms with Gasteiger partial charge in [-0.1, -0.05) is 18.2 Å². The highest BCUT2D eigenvalue weighted by atomic mass is 19.4. The lowest BCUT2D eigenvalue weighted by atomic mass is 9.93. The molecule has 3 saturated heterocycles. The molecule has 3 aliphatic heterocycles. The number of likely N-dealkylation sites (tertiary alicyclic amines) is 3. The standard InChI is InChI=1S/C30H37F3N6O3/c1-18(40)22-11-15-38(27(22)34)29(42)36-13-9-21(10-14-36)39-26(19-6-7-19)24(16-35-39)28(41)37-12-8-20(17-37)23-4-2-3-5-25(23)30(31,32)33/h2-5,16,19-22,27H,6-15,17,34H2,1H3/t20?,22?,27-/m0/s1. The molecule has 9 nitrogen and oxygen atoms in total. The molecule has 4 fully saturated rings. The van der Waals surface area contributed by atoms with Crippen molar-refractivity contribution in [3.8, 4) is 0 Å². The van der Waals surface area contributed by atoms with E-state index >= 15 is 0 Å². The highest BCUT2D eigenvalue weighted by Crippen LogP contribution is 2.44. The maximum absolute atomic E-state index is 13.7. The Morgan fingerprint density at radius 1 is 0.905 bits per heavy atom. The molecule has 42 heavy (non-hydrogen) atoms. The fourth-order valence-corrected chi connectivity index (χ4v) is 7.04. The molecule has 226 valence electrons. The number of nitrogens with zero attached hydrogens (tertiary/aromatic N) is 5. The maximum atomic E-state index is 13.7. The highest BCUT2D eigenvalue weighted by Gasteiger charge is 2.42. The second kappa shape index (κ2) is 11.0. The predicted molar refractivity (Wildman–Crippen MR) is 148 cm³/mol. The van der Waals surface area contributed by atoms with Gasteiger partial charge in [0, 0.05) is 44.6 Å². The minimum atomic E-state index is -4.44. The Morgan fingerprint density at radius 3 is 2.24 bits per heavy atom. The second-order valence-corrected chi connectivity index (χ2v) is 12.2. The van der Waals surface area contributed by atoms with Crippen molar-refractivity contribution in [2.75, 3.05) is 32.7 Å². The van der Waals surface area contributed by atoms with Gasteiger partial charge in [0.1, 0.15) is 5.78 Å². The van der Waals surface area contributed by atoms with Gasteiger partial charge in [-0.25, -0.2) is 4.79 Å². The lowest BCUT2D eigenvalue weighted by molar-refractivity contribution is -0.138. The number of aromatic nitrogens is 2. The third-order valence-electron chi connectivity index (χ3n) is 9.51. The van der Waals surface area contributed by atoms with Crippen LogP contribution in [0.25, 0.3) is 0 Å². The van der Waals surface area contributed by atoms with Gasteiger partial charge in [-0.15, -0.1) is 0 Å². The molecule has 4 aliphatic rings. The Bertz CT molecular complexity index is 1360. The number of ketones is 1. The smallest absolute Gasteiger partial charge is 0.338 e. The summed E-state index contributed by atoms with van der Waals surface area (Å²) in [5.74, 6) is -0.628. The lowest BCUT2D eigenvalue weighted by Crippen LogP contribution is -2.52. The molecule has 1 aromatic heterocycles. The molecule has 1 saturated carbocycles. The van der Waals surface area contributed by atoms with Gasteiger partial charge in [0.2, 0.25) is 0 Å². The van der Waals surface area contributed by atoms with Crippen LogP contribution < -0.4 is 5.73 Å². The molecule has 3 amide bonds. The Hall–Kier alpha value is -3.41. The largest absolute Gasteiger partial charge is 0.416 e. The summed E-state index contributed by atoms with van der Waals surface area (Å²) in [4.78, 5) is 43.8. The van der Waals surface area contributed by atoms with E-state index in [4.69, 9.17) is 5.73 Å². The molecule has 3 atom stereocenters. The number of alkyl halides is 3. The van der Waals surface area contributed by atoms with Gasteiger partial charge in [-0.2, -0.15) is 18.3 Å². The van der Waals surface area contributed by atoms with E-state index in [0.29, 0.717) is 57.4 Å². The van der Waals surface area contributed by atoms with Crippen molar-refractivity contribution < 1.29 is 27.6 Å². The number of carbonyl (C=O) groups is 3. The Labute approximate surface area is 242 Å². The Kier molecular flexibility index (Phi) is 7.53. The van der Waals surface area contributed by atoms with Crippen LogP contribution in [0, 0.1) is 5.92 Å². The van der Waals surface area contributed by atoms with Crippen LogP contribution in [-0.2, 0) is 11.0 Å². The van der Waals surface area contributed by atoms with E-state index in [0.717, 1.165) is 24.6 Å². The van der Waals surface area contributed by atoms with Crippen LogP contribution in [0.3, 0.4) is 0 Å². The van der Waals surface area contributed by atoms with E-state index in [1.54, 1.807) is 27.0 Å². The van der Waals surface area contributed by atoms with Crippen LogP contribution in [0.1, 0.15) is 90.5 Å². The van der Waals surface area contributed by atoms with Crippen molar-refractivity contribution in [2.24, 2.45) is 11.7 Å². The molecule has 1 aromatic carbocycles. The number of nitrogens with two attached hydrogens (primary N) is 1. The molecule has 6 rings (SSSR count). The van der Waals surface area contributed by atoms with Crippen LogP contribution in [0.2, 0.25) is 0 Å². The summed E-state index contributed by atoms with van der Waals surface area (Å²) in [6.45, 7) is 3.67. The van der Waals surface area contributed by atoms with Crippen LogP contribution >= 0.6 is 0 Å². The van der Waals surface area contributed by atoms with E-state index in [-0.39, 0.29) is 53.6 Å². The van der Waals surface area contributed by atoms with Gasteiger partial charge >= 0.3 is 12.2 Å². The maximum Gasteiger partial charge on any atom is 0.416 e.